The van der Waals surface area contributed by atoms with E-state index in [2.05, 4.69) is 21.0 Å². The highest BCUT2D eigenvalue weighted by molar-refractivity contribution is 5.73. The number of benzene rings is 1. The van der Waals surface area contributed by atoms with Crippen LogP contribution in [0.25, 0.3) is 22.2 Å². The Hall–Kier alpha value is -3.34. The highest BCUT2D eigenvalue weighted by Gasteiger charge is 2.06. The van der Waals surface area contributed by atoms with Crippen LogP contribution in [0.15, 0.2) is 78.2 Å². The van der Waals surface area contributed by atoms with E-state index >= 15 is 0 Å². The van der Waals surface area contributed by atoms with Crippen molar-refractivity contribution in [2.75, 3.05) is 0 Å². The summed E-state index contributed by atoms with van der Waals surface area (Å²) in [5, 5.41) is 0. The van der Waals surface area contributed by atoms with Gasteiger partial charge >= 0.3 is 0 Å². The fourth-order valence-corrected chi connectivity index (χ4v) is 2.75. The molecule has 0 saturated heterocycles. The van der Waals surface area contributed by atoms with E-state index in [1.807, 2.05) is 30.3 Å². The lowest BCUT2D eigenvalue weighted by atomic mass is 10.0. The molecule has 24 heavy (non-hydrogen) atoms. The number of hydrogen-bond donors (Lipinski definition) is 0. The van der Waals surface area contributed by atoms with Crippen molar-refractivity contribution in [3.63, 3.8) is 0 Å². The molecule has 4 aromatic rings. The van der Waals surface area contributed by atoms with Gasteiger partial charge in [-0.3, -0.25) is 19.3 Å². The van der Waals surface area contributed by atoms with Crippen LogP contribution in [-0.2, 0) is 6.54 Å². The quantitative estimate of drug-likeness (QED) is 0.583. The lowest BCUT2D eigenvalue weighted by Crippen LogP contribution is -2.21. The summed E-state index contributed by atoms with van der Waals surface area (Å²) in [7, 11) is 0. The summed E-state index contributed by atoms with van der Waals surface area (Å²) in [6, 6.07) is 13.9. The molecule has 0 saturated carbocycles. The number of fused-ring (bicyclic) bond motifs is 1. The normalized spacial score (nSPS) is 10.8. The lowest BCUT2D eigenvalue weighted by Gasteiger charge is -2.10. The van der Waals surface area contributed by atoms with Crippen molar-refractivity contribution < 1.29 is 0 Å². The smallest absolute Gasteiger partial charge is 0.269 e. The molecule has 5 heteroatoms. The van der Waals surface area contributed by atoms with Crippen LogP contribution in [0.4, 0.5) is 0 Å². The van der Waals surface area contributed by atoms with Gasteiger partial charge in [-0.1, -0.05) is 18.2 Å². The van der Waals surface area contributed by atoms with E-state index in [-0.39, 0.29) is 5.56 Å². The third-order valence-corrected chi connectivity index (χ3v) is 3.93. The van der Waals surface area contributed by atoms with Gasteiger partial charge in [0.25, 0.3) is 5.56 Å². The molecule has 0 aliphatic rings. The Kier molecular flexibility index (Phi) is 3.59. The Bertz CT molecular complexity index is 1060. The van der Waals surface area contributed by atoms with Gasteiger partial charge in [0.2, 0.25) is 0 Å². The molecule has 0 atom stereocenters. The molecular weight excluding hydrogens is 300 g/mol. The summed E-state index contributed by atoms with van der Waals surface area (Å²) in [5.74, 6) is 0. The van der Waals surface area contributed by atoms with Gasteiger partial charge in [0, 0.05) is 18.6 Å². The minimum Gasteiger partial charge on any atom is -0.300 e. The average molecular weight is 314 g/mol. The maximum atomic E-state index is 12.3. The fraction of sp³-hybridized carbons (Fsp3) is 0.0526. The van der Waals surface area contributed by atoms with E-state index in [0.717, 1.165) is 27.7 Å². The largest absolute Gasteiger partial charge is 0.300 e. The molecule has 0 bridgehead atoms. The maximum Gasteiger partial charge on any atom is 0.269 e. The lowest BCUT2D eigenvalue weighted by molar-refractivity contribution is 0.785. The molecule has 0 aliphatic heterocycles. The van der Waals surface area contributed by atoms with Crippen LogP contribution in [0.1, 0.15) is 5.56 Å². The monoisotopic (exact) mass is 314 g/mol. The zero-order valence-corrected chi connectivity index (χ0v) is 12.8. The molecule has 0 fully saturated rings. The van der Waals surface area contributed by atoms with Crippen LogP contribution in [0.3, 0.4) is 0 Å². The van der Waals surface area contributed by atoms with Crippen molar-refractivity contribution in [2.24, 2.45) is 0 Å². The Balaban J connectivity index is 1.77. The molecule has 0 spiro atoms. The van der Waals surface area contributed by atoms with Crippen molar-refractivity contribution in [1.82, 2.24) is 19.5 Å². The molecular formula is C19H14N4O. The van der Waals surface area contributed by atoms with Crippen LogP contribution in [0.2, 0.25) is 0 Å². The van der Waals surface area contributed by atoms with E-state index in [1.54, 1.807) is 35.4 Å². The molecule has 4 rings (SSSR count). The molecule has 0 aliphatic carbocycles. The molecule has 3 aromatic heterocycles. The predicted octanol–water partition coefficient (Wildman–Crippen LogP) is 2.90. The number of hydrogen-bond acceptors (Lipinski definition) is 4. The van der Waals surface area contributed by atoms with E-state index < -0.39 is 0 Å². The average Bonchev–Trinajstić information content (AvgIpc) is 2.65. The number of rotatable bonds is 3. The zero-order valence-electron chi connectivity index (χ0n) is 12.8. The van der Waals surface area contributed by atoms with E-state index in [1.165, 1.54) is 6.20 Å². The third kappa shape index (κ3) is 2.67. The van der Waals surface area contributed by atoms with Crippen LogP contribution in [0.5, 0.6) is 0 Å². The summed E-state index contributed by atoms with van der Waals surface area (Å²) in [5.41, 5.74) is 4.60. The summed E-state index contributed by atoms with van der Waals surface area (Å²) >= 11 is 0. The van der Waals surface area contributed by atoms with Gasteiger partial charge in [0.1, 0.15) is 0 Å². The number of pyridine rings is 2. The second-order valence-electron chi connectivity index (χ2n) is 5.48. The second-order valence-corrected chi connectivity index (χ2v) is 5.48. The van der Waals surface area contributed by atoms with Gasteiger partial charge in [0.15, 0.2) is 0 Å². The van der Waals surface area contributed by atoms with Gasteiger partial charge in [-0.05, 0) is 41.0 Å². The Morgan fingerprint density at radius 3 is 2.58 bits per heavy atom. The third-order valence-electron chi connectivity index (χ3n) is 3.93. The van der Waals surface area contributed by atoms with Gasteiger partial charge in [0.05, 0.1) is 30.0 Å². The van der Waals surface area contributed by atoms with Gasteiger partial charge in [-0.2, -0.15) is 0 Å². The van der Waals surface area contributed by atoms with Crippen LogP contribution in [0, 0.1) is 0 Å². The standard InChI is InChI=1S/C19H14N4O/c24-19-12-22-17-6-9-21-11-18(17)23(19)13-14-2-1-3-16(10-14)15-4-7-20-8-5-15/h1-12H,13H2. The van der Waals surface area contributed by atoms with E-state index in [9.17, 15) is 4.79 Å². The molecule has 116 valence electrons. The second kappa shape index (κ2) is 6.04. The first-order valence-corrected chi connectivity index (χ1v) is 7.60. The highest BCUT2D eigenvalue weighted by Crippen LogP contribution is 2.20. The molecule has 5 nitrogen and oxygen atoms in total. The van der Waals surface area contributed by atoms with Gasteiger partial charge in [-0.15, -0.1) is 0 Å². The first-order chi connectivity index (χ1) is 11.8. The summed E-state index contributed by atoms with van der Waals surface area (Å²) < 4.78 is 1.70. The van der Waals surface area contributed by atoms with E-state index in [4.69, 9.17) is 0 Å². The van der Waals surface area contributed by atoms with Crippen LogP contribution in [-0.4, -0.2) is 19.5 Å². The summed E-state index contributed by atoms with van der Waals surface area (Å²) in [6.07, 6.45) is 8.25. The molecule has 0 radical (unpaired) electrons. The van der Waals surface area contributed by atoms with Crippen LogP contribution < -0.4 is 5.56 Å². The first-order valence-electron chi connectivity index (χ1n) is 7.60. The minimum atomic E-state index is -0.134. The Morgan fingerprint density at radius 1 is 0.875 bits per heavy atom. The van der Waals surface area contributed by atoms with E-state index in [0.29, 0.717) is 6.54 Å². The highest BCUT2D eigenvalue weighted by atomic mass is 16.1. The minimum absolute atomic E-state index is 0.134. The number of aromatic nitrogens is 4. The number of nitrogens with zero attached hydrogens (tertiary/aromatic N) is 4. The van der Waals surface area contributed by atoms with Crippen molar-refractivity contribution in [3.05, 3.63) is 89.4 Å². The summed E-state index contributed by atoms with van der Waals surface area (Å²) in [6.45, 7) is 0.475. The molecule has 3 heterocycles. The summed E-state index contributed by atoms with van der Waals surface area (Å²) in [4.78, 5) is 24.6. The van der Waals surface area contributed by atoms with Crippen molar-refractivity contribution in [1.29, 1.82) is 0 Å². The molecule has 0 N–H and O–H groups in total. The van der Waals surface area contributed by atoms with Crippen molar-refractivity contribution >= 4 is 11.0 Å². The molecule has 0 amide bonds. The van der Waals surface area contributed by atoms with Crippen molar-refractivity contribution in [2.45, 2.75) is 6.54 Å². The molecule has 1 aromatic carbocycles. The van der Waals surface area contributed by atoms with Crippen molar-refractivity contribution in [3.8, 4) is 11.1 Å². The zero-order chi connectivity index (χ0) is 16.4. The topological polar surface area (TPSA) is 60.7 Å². The molecule has 0 unspecified atom stereocenters. The van der Waals surface area contributed by atoms with Gasteiger partial charge < -0.3 is 0 Å². The SMILES string of the molecule is O=c1cnc2ccncc2n1Cc1cccc(-c2ccncc2)c1. The maximum absolute atomic E-state index is 12.3. The Morgan fingerprint density at radius 2 is 1.71 bits per heavy atom. The first kappa shape index (κ1) is 14.3. The van der Waals surface area contributed by atoms with Gasteiger partial charge in [-0.25, -0.2) is 4.98 Å². The fourth-order valence-electron chi connectivity index (χ4n) is 2.75. The van der Waals surface area contributed by atoms with Crippen LogP contribution >= 0.6 is 0 Å². The predicted molar refractivity (Wildman–Crippen MR) is 92.6 cm³/mol. The Labute approximate surface area is 138 Å².